The molecular formula is C21H21ClN2O3. The normalized spacial score (nSPS) is 14.3. The fourth-order valence-electron chi connectivity index (χ4n) is 3.21. The molecule has 0 unspecified atom stereocenters. The van der Waals surface area contributed by atoms with E-state index in [2.05, 4.69) is 5.32 Å². The Balaban J connectivity index is 1.54. The van der Waals surface area contributed by atoms with Gasteiger partial charge in [0.2, 0.25) is 5.91 Å². The highest BCUT2D eigenvalue weighted by Crippen LogP contribution is 2.24. The minimum atomic E-state index is -0.341. The molecule has 3 rings (SSSR count). The van der Waals surface area contributed by atoms with E-state index in [-0.39, 0.29) is 36.7 Å². The third kappa shape index (κ3) is 4.19. The van der Waals surface area contributed by atoms with Gasteiger partial charge in [-0.15, -0.1) is 0 Å². The van der Waals surface area contributed by atoms with Crippen molar-refractivity contribution in [2.45, 2.75) is 32.7 Å². The maximum atomic E-state index is 12.4. The molecule has 27 heavy (non-hydrogen) atoms. The molecule has 2 aromatic rings. The summed E-state index contributed by atoms with van der Waals surface area (Å²) in [5, 5.41) is 3.56. The first-order chi connectivity index (χ1) is 12.9. The van der Waals surface area contributed by atoms with E-state index < -0.39 is 0 Å². The molecule has 1 aliphatic rings. The Labute approximate surface area is 163 Å². The van der Waals surface area contributed by atoms with E-state index in [1.807, 2.05) is 38.1 Å². The summed E-state index contributed by atoms with van der Waals surface area (Å²) in [4.78, 5) is 38.2. The van der Waals surface area contributed by atoms with Gasteiger partial charge in [0.15, 0.2) is 0 Å². The molecule has 0 saturated carbocycles. The van der Waals surface area contributed by atoms with Crippen molar-refractivity contribution >= 4 is 29.3 Å². The Bertz CT molecular complexity index is 910. The summed E-state index contributed by atoms with van der Waals surface area (Å²) >= 11 is 6.15. The number of nitrogens with zero attached hydrogens (tertiary/aromatic N) is 1. The standard InChI is InChI=1S/C21H21ClN2O3/c1-13-7-8-16-17(11-13)21(27)24(20(16)26)10-9-19(25)23-14(2)12-15-5-3-4-6-18(15)22/h3-8,11,14H,9-10,12H2,1-2H3,(H,23,25)/t14-/m1/s1. The van der Waals surface area contributed by atoms with Crippen molar-refractivity contribution < 1.29 is 14.4 Å². The molecule has 1 heterocycles. The number of benzene rings is 2. The van der Waals surface area contributed by atoms with Crippen molar-refractivity contribution in [3.63, 3.8) is 0 Å². The van der Waals surface area contributed by atoms with Gasteiger partial charge in [-0.1, -0.05) is 41.4 Å². The second-order valence-corrected chi connectivity index (χ2v) is 7.23. The van der Waals surface area contributed by atoms with Gasteiger partial charge >= 0.3 is 0 Å². The maximum Gasteiger partial charge on any atom is 0.261 e. The summed E-state index contributed by atoms with van der Waals surface area (Å²) < 4.78 is 0. The molecule has 0 aliphatic carbocycles. The SMILES string of the molecule is Cc1ccc2c(c1)C(=O)N(CCC(=O)N[C@H](C)Cc1ccccc1Cl)C2=O. The van der Waals surface area contributed by atoms with Crippen molar-refractivity contribution in [2.24, 2.45) is 0 Å². The lowest BCUT2D eigenvalue weighted by Crippen LogP contribution is -2.38. The molecule has 5 nitrogen and oxygen atoms in total. The number of aryl methyl sites for hydroxylation is 1. The number of carbonyl (C=O) groups excluding carboxylic acids is 3. The Morgan fingerprint density at radius 3 is 2.56 bits per heavy atom. The van der Waals surface area contributed by atoms with Crippen LogP contribution in [0.15, 0.2) is 42.5 Å². The number of hydrogen-bond donors (Lipinski definition) is 1. The van der Waals surface area contributed by atoms with Crippen LogP contribution in [0.3, 0.4) is 0 Å². The second-order valence-electron chi connectivity index (χ2n) is 6.83. The van der Waals surface area contributed by atoms with E-state index in [0.29, 0.717) is 22.6 Å². The number of rotatable bonds is 6. The highest BCUT2D eigenvalue weighted by Gasteiger charge is 2.35. The summed E-state index contributed by atoms with van der Waals surface area (Å²) in [6, 6.07) is 12.6. The third-order valence-corrected chi connectivity index (χ3v) is 4.95. The second kappa shape index (κ2) is 7.92. The molecule has 1 atom stereocenters. The van der Waals surface area contributed by atoms with Crippen molar-refractivity contribution in [1.82, 2.24) is 10.2 Å². The predicted octanol–water partition coefficient (Wildman–Crippen LogP) is 3.38. The van der Waals surface area contributed by atoms with Crippen molar-refractivity contribution in [1.29, 1.82) is 0 Å². The zero-order valence-corrected chi connectivity index (χ0v) is 16.0. The number of fused-ring (bicyclic) bond motifs is 1. The Hall–Kier alpha value is -2.66. The van der Waals surface area contributed by atoms with E-state index in [4.69, 9.17) is 11.6 Å². The predicted molar refractivity (Wildman–Crippen MR) is 104 cm³/mol. The molecule has 2 aromatic carbocycles. The van der Waals surface area contributed by atoms with Crippen LogP contribution in [0.1, 0.15) is 45.2 Å². The Morgan fingerprint density at radius 2 is 1.81 bits per heavy atom. The quantitative estimate of drug-likeness (QED) is 0.776. The van der Waals surface area contributed by atoms with E-state index in [9.17, 15) is 14.4 Å². The van der Waals surface area contributed by atoms with Gasteiger partial charge in [0.05, 0.1) is 11.1 Å². The fourth-order valence-corrected chi connectivity index (χ4v) is 3.43. The van der Waals surface area contributed by atoms with Gasteiger partial charge in [-0.3, -0.25) is 19.3 Å². The number of imide groups is 1. The van der Waals surface area contributed by atoms with Crippen LogP contribution in [0.2, 0.25) is 5.02 Å². The molecule has 1 N–H and O–H groups in total. The van der Waals surface area contributed by atoms with E-state index in [1.165, 1.54) is 0 Å². The molecular weight excluding hydrogens is 364 g/mol. The monoisotopic (exact) mass is 384 g/mol. The van der Waals surface area contributed by atoms with Gasteiger partial charge in [-0.25, -0.2) is 0 Å². The first kappa shape index (κ1) is 19.1. The lowest BCUT2D eigenvalue weighted by molar-refractivity contribution is -0.121. The average molecular weight is 385 g/mol. The molecule has 0 fully saturated rings. The summed E-state index contributed by atoms with van der Waals surface area (Å²) in [5.74, 6) is -0.884. The van der Waals surface area contributed by atoms with Crippen LogP contribution in [0.25, 0.3) is 0 Å². The van der Waals surface area contributed by atoms with Crippen LogP contribution >= 0.6 is 11.6 Å². The molecule has 3 amide bonds. The van der Waals surface area contributed by atoms with Crippen LogP contribution in [-0.4, -0.2) is 35.2 Å². The third-order valence-electron chi connectivity index (χ3n) is 4.58. The topological polar surface area (TPSA) is 66.5 Å². The smallest absolute Gasteiger partial charge is 0.261 e. The van der Waals surface area contributed by atoms with E-state index >= 15 is 0 Å². The molecule has 0 bridgehead atoms. The zero-order valence-electron chi connectivity index (χ0n) is 15.3. The Kier molecular flexibility index (Phi) is 5.61. The van der Waals surface area contributed by atoms with Gasteiger partial charge in [0.25, 0.3) is 11.8 Å². The van der Waals surface area contributed by atoms with Crippen LogP contribution in [0.5, 0.6) is 0 Å². The highest BCUT2D eigenvalue weighted by atomic mass is 35.5. The summed E-state index contributed by atoms with van der Waals surface area (Å²) in [6.45, 7) is 3.83. The number of halogens is 1. The number of hydrogen-bond acceptors (Lipinski definition) is 3. The number of nitrogens with one attached hydrogen (secondary N) is 1. The molecule has 0 saturated heterocycles. The van der Waals surface area contributed by atoms with Gasteiger partial charge in [-0.05, 0) is 44.0 Å². The first-order valence-electron chi connectivity index (χ1n) is 8.86. The maximum absolute atomic E-state index is 12.4. The van der Waals surface area contributed by atoms with Crippen molar-refractivity contribution in [3.05, 3.63) is 69.7 Å². The average Bonchev–Trinajstić information content (AvgIpc) is 2.85. The highest BCUT2D eigenvalue weighted by molar-refractivity contribution is 6.31. The molecule has 1 aliphatic heterocycles. The first-order valence-corrected chi connectivity index (χ1v) is 9.24. The van der Waals surface area contributed by atoms with Crippen LogP contribution in [0, 0.1) is 6.92 Å². The van der Waals surface area contributed by atoms with Crippen molar-refractivity contribution in [2.75, 3.05) is 6.54 Å². The lowest BCUT2D eigenvalue weighted by atomic mass is 10.1. The van der Waals surface area contributed by atoms with Crippen LogP contribution < -0.4 is 5.32 Å². The molecule has 6 heteroatoms. The number of amides is 3. The Morgan fingerprint density at radius 1 is 1.11 bits per heavy atom. The van der Waals surface area contributed by atoms with Crippen LogP contribution in [-0.2, 0) is 11.2 Å². The molecule has 0 aromatic heterocycles. The van der Waals surface area contributed by atoms with Gasteiger partial charge in [-0.2, -0.15) is 0 Å². The van der Waals surface area contributed by atoms with Crippen LogP contribution in [0.4, 0.5) is 0 Å². The largest absolute Gasteiger partial charge is 0.353 e. The number of carbonyl (C=O) groups is 3. The summed E-state index contributed by atoms with van der Waals surface area (Å²) in [7, 11) is 0. The fraction of sp³-hybridized carbons (Fsp3) is 0.286. The molecule has 0 spiro atoms. The van der Waals surface area contributed by atoms with Gasteiger partial charge in [0, 0.05) is 24.0 Å². The van der Waals surface area contributed by atoms with E-state index in [0.717, 1.165) is 16.0 Å². The lowest BCUT2D eigenvalue weighted by Gasteiger charge is -2.17. The minimum Gasteiger partial charge on any atom is -0.353 e. The zero-order chi connectivity index (χ0) is 19.6. The van der Waals surface area contributed by atoms with Crippen molar-refractivity contribution in [3.8, 4) is 0 Å². The van der Waals surface area contributed by atoms with Gasteiger partial charge < -0.3 is 5.32 Å². The summed E-state index contributed by atoms with van der Waals surface area (Å²) in [5.41, 5.74) is 2.69. The molecule has 140 valence electrons. The molecule has 0 radical (unpaired) electrons. The minimum absolute atomic E-state index is 0.0655. The summed E-state index contributed by atoms with van der Waals surface area (Å²) in [6.07, 6.45) is 0.676. The van der Waals surface area contributed by atoms with Gasteiger partial charge in [0.1, 0.15) is 0 Å². The van der Waals surface area contributed by atoms with E-state index in [1.54, 1.807) is 18.2 Å².